The first-order valence-corrected chi connectivity index (χ1v) is 6.60. The zero-order chi connectivity index (χ0) is 15.5. The van der Waals surface area contributed by atoms with Gasteiger partial charge in [0.2, 0.25) is 0 Å². The molecule has 2 aromatic rings. The zero-order valence-electron chi connectivity index (χ0n) is 10.5. The molecule has 0 fully saturated rings. The lowest BCUT2D eigenvalue weighted by Gasteiger charge is -2.07. The van der Waals surface area contributed by atoms with Crippen molar-refractivity contribution in [2.75, 3.05) is 5.43 Å². The second-order valence-corrected chi connectivity index (χ2v) is 5.01. The summed E-state index contributed by atoms with van der Waals surface area (Å²) in [6.07, 6.45) is -2.86. The molecule has 0 radical (unpaired) electrons. The molecule has 21 heavy (non-hydrogen) atoms. The van der Waals surface area contributed by atoms with Gasteiger partial charge >= 0.3 is 6.18 Å². The summed E-state index contributed by atoms with van der Waals surface area (Å²) in [6.45, 7) is 0. The normalized spacial score (nSPS) is 11.8. The van der Waals surface area contributed by atoms with Crippen molar-refractivity contribution in [1.29, 1.82) is 0 Å². The standard InChI is InChI=1S/C14H10BrF3N2O/c15-12-7-9(1-6-13(12)21)8-19-20-11-4-2-10(3-5-11)14(16,17)18/h1-8,20-21H. The Bertz CT molecular complexity index is 654. The maximum Gasteiger partial charge on any atom is 0.416 e. The molecule has 3 nitrogen and oxygen atoms in total. The van der Waals surface area contributed by atoms with Crippen molar-refractivity contribution >= 4 is 27.8 Å². The van der Waals surface area contributed by atoms with Crippen LogP contribution in [0.25, 0.3) is 0 Å². The fourth-order valence-electron chi connectivity index (χ4n) is 1.52. The van der Waals surface area contributed by atoms with Gasteiger partial charge in [-0.3, -0.25) is 5.43 Å². The van der Waals surface area contributed by atoms with E-state index in [1.54, 1.807) is 12.1 Å². The van der Waals surface area contributed by atoms with Crippen molar-refractivity contribution in [2.45, 2.75) is 6.18 Å². The summed E-state index contributed by atoms with van der Waals surface area (Å²) in [5.74, 6) is 0.114. The van der Waals surface area contributed by atoms with Crippen LogP contribution < -0.4 is 5.43 Å². The number of benzene rings is 2. The van der Waals surface area contributed by atoms with Crippen molar-refractivity contribution in [2.24, 2.45) is 5.10 Å². The Morgan fingerprint density at radius 1 is 1.10 bits per heavy atom. The highest BCUT2D eigenvalue weighted by Gasteiger charge is 2.29. The van der Waals surface area contributed by atoms with Gasteiger partial charge in [0.1, 0.15) is 5.75 Å². The van der Waals surface area contributed by atoms with Gasteiger partial charge in [0, 0.05) is 0 Å². The molecule has 0 bridgehead atoms. The third-order valence-electron chi connectivity index (χ3n) is 2.59. The summed E-state index contributed by atoms with van der Waals surface area (Å²) in [6, 6.07) is 9.37. The summed E-state index contributed by atoms with van der Waals surface area (Å²) in [7, 11) is 0. The number of phenols is 1. The molecule has 2 rings (SSSR count). The van der Waals surface area contributed by atoms with Crippen LogP contribution in [-0.4, -0.2) is 11.3 Å². The van der Waals surface area contributed by atoms with E-state index in [9.17, 15) is 18.3 Å². The number of phenolic OH excluding ortho intramolecular Hbond substituents is 1. The highest BCUT2D eigenvalue weighted by Crippen LogP contribution is 2.29. The molecular formula is C14H10BrF3N2O. The minimum absolute atomic E-state index is 0.114. The molecule has 0 spiro atoms. The quantitative estimate of drug-likeness (QED) is 0.621. The van der Waals surface area contributed by atoms with Gasteiger partial charge in [0.15, 0.2) is 0 Å². The van der Waals surface area contributed by atoms with Crippen molar-refractivity contribution in [3.05, 3.63) is 58.1 Å². The third kappa shape index (κ3) is 4.22. The van der Waals surface area contributed by atoms with E-state index in [1.165, 1.54) is 24.4 Å². The molecular weight excluding hydrogens is 349 g/mol. The van der Waals surface area contributed by atoms with Crippen LogP contribution >= 0.6 is 15.9 Å². The first-order valence-electron chi connectivity index (χ1n) is 5.81. The molecule has 110 valence electrons. The van der Waals surface area contributed by atoms with Gasteiger partial charge < -0.3 is 5.11 Å². The van der Waals surface area contributed by atoms with Gasteiger partial charge in [-0.05, 0) is 64.0 Å². The Kier molecular flexibility index (Phi) is 4.52. The van der Waals surface area contributed by atoms with E-state index < -0.39 is 11.7 Å². The summed E-state index contributed by atoms with van der Waals surface area (Å²) >= 11 is 3.17. The molecule has 0 heterocycles. The van der Waals surface area contributed by atoms with Gasteiger partial charge in [-0.15, -0.1) is 0 Å². The maximum atomic E-state index is 12.4. The van der Waals surface area contributed by atoms with Crippen molar-refractivity contribution in [3.8, 4) is 5.75 Å². The Hall–Kier alpha value is -2.02. The minimum Gasteiger partial charge on any atom is -0.507 e. The predicted molar refractivity (Wildman–Crippen MR) is 78.5 cm³/mol. The fourth-order valence-corrected chi connectivity index (χ4v) is 1.92. The highest BCUT2D eigenvalue weighted by atomic mass is 79.9. The van der Waals surface area contributed by atoms with E-state index in [2.05, 4.69) is 26.5 Å². The van der Waals surface area contributed by atoms with E-state index >= 15 is 0 Å². The van der Waals surface area contributed by atoms with Gasteiger partial charge in [-0.2, -0.15) is 18.3 Å². The molecule has 0 saturated heterocycles. The lowest BCUT2D eigenvalue weighted by Crippen LogP contribution is -2.04. The van der Waals surface area contributed by atoms with Crippen LogP contribution in [0.1, 0.15) is 11.1 Å². The van der Waals surface area contributed by atoms with E-state index in [4.69, 9.17) is 0 Å². The molecule has 0 aliphatic heterocycles. The molecule has 0 aliphatic carbocycles. The average molecular weight is 359 g/mol. The van der Waals surface area contributed by atoms with E-state index in [0.717, 1.165) is 17.7 Å². The lowest BCUT2D eigenvalue weighted by molar-refractivity contribution is -0.137. The molecule has 0 aromatic heterocycles. The first-order chi connectivity index (χ1) is 9.86. The van der Waals surface area contributed by atoms with Crippen LogP contribution in [-0.2, 0) is 6.18 Å². The maximum absolute atomic E-state index is 12.4. The summed E-state index contributed by atoms with van der Waals surface area (Å²) in [4.78, 5) is 0. The number of aromatic hydroxyl groups is 1. The Morgan fingerprint density at radius 2 is 1.76 bits per heavy atom. The number of nitrogens with one attached hydrogen (secondary N) is 1. The van der Waals surface area contributed by atoms with Crippen molar-refractivity contribution in [1.82, 2.24) is 0 Å². The fraction of sp³-hybridized carbons (Fsp3) is 0.0714. The number of hydrogen-bond donors (Lipinski definition) is 2. The number of alkyl halides is 3. The third-order valence-corrected chi connectivity index (χ3v) is 3.23. The molecule has 0 saturated carbocycles. The smallest absolute Gasteiger partial charge is 0.416 e. The van der Waals surface area contributed by atoms with Gasteiger partial charge in [0.25, 0.3) is 0 Å². The largest absolute Gasteiger partial charge is 0.507 e. The molecule has 0 amide bonds. The van der Waals surface area contributed by atoms with E-state index in [-0.39, 0.29) is 5.75 Å². The van der Waals surface area contributed by atoms with Gasteiger partial charge in [0.05, 0.1) is 21.9 Å². The molecule has 0 unspecified atom stereocenters. The number of halogens is 4. The molecule has 0 atom stereocenters. The summed E-state index contributed by atoms with van der Waals surface area (Å²) in [5.41, 5.74) is 3.08. The van der Waals surface area contributed by atoms with Crippen LogP contribution in [0.15, 0.2) is 52.0 Å². The summed E-state index contributed by atoms with van der Waals surface area (Å²) in [5, 5.41) is 13.3. The summed E-state index contributed by atoms with van der Waals surface area (Å²) < 4.78 is 37.7. The monoisotopic (exact) mass is 358 g/mol. The molecule has 7 heteroatoms. The topological polar surface area (TPSA) is 44.6 Å². The van der Waals surface area contributed by atoms with Crippen LogP contribution in [0.3, 0.4) is 0 Å². The predicted octanol–water partition coefficient (Wildman–Crippen LogP) is 4.62. The number of anilines is 1. The second kappa shape index (κ2) is 6.17. The van der Waals surface area contributed by atoms with Gasteiger partial charge in [-0.25, -0.2) is 0 Å². The van der Waals surface area contributed by atoms with Crippen LogP contribution in [0.5, 0.6) is 5.75 Å². The SMILES string of the molecule is Oc1ccc(C=NNc2ccc(C(F)(F)F)cc2)cc1Br. The van der Waals surface area contributed by atoms with Gasteiger partial charge in [-0.1, -0.05) is 0 Å². The Labute approximate surface area is 127 Å². The average Bonchev–Trinajstić information content (AvgIpc) is 2.42. The van der Waals surface area contributed by atoms with E-state index in [1.807, 2.05) is 0 Å². The van der Waals surface area contributed by atoms with E-state index in [0.29, 0.717) is 10.2 Å². The van der Waals surface area contributed by atoms with Crippen LogP contribution in [0.4, 0.5) is 18.9 Å². The highest BCUT2D eigenvalue weighted by molar-refractivity contribution is 9.10. The number of hydrazone groups is 1. The Morgan fingerprint density at radius 3 is 2.33 bits per heavy atom. The van der Waals surface area contributed by atoms with Crippen molar-refractivity contribution < 1.29 is 18.3 Å². The van der Waals surface area contributed by atoms with Crippen LogP contribution in [0, 0.1) is 0 Å². The first kappa shape index (κ1) is 15.4. The number of hydrogen-bond acceptors (Lipinski definition) is 3. The van der Waals surface area contributed by atoms with Crippen molar-refractivity contribution in [3.63, 3.8) is 0 Å². The molecule has 2 aromatic carbocycles. The molecule has 0 aliphatic rings. The van der Waals surface area contributed by atoms with Crippen LogP contribution in [0.2, 0.25) is 0 Å². The Balaban J connectivity index is 2.02. The number of rotatable bonds is 3. The zero-order valence-corrected chi connectivity index (χ0v) is 12.1. The number of nitrogens with zero attached hydrogens (tertiary/aromatic N) is 1. The minimum atomic E-state index is -4.35. The molecule has 2 N–H and O–H groups in total. The second-order valence-electron chi connectivity index (χ2n) is 4.16. The lowest BCUT2D eigenvalue weighted by atomic mass is 10.2.